The number of thiophene rings is 2. The predicted octanol–water partition coefficient (Wildman–Crippen LogP) is 8.47. The summed E-state index contributed by atoms with van der Waals surface area (Å²) < 4.78 is 0. The number of amides is 2. The molecule has 0 saturated heterocycles. The zero-order valence-electron chi connectivity index (χ0n) is 22.5. The third-order valence-corrected chi connectivity index (χ3v) is 12.4. The molecule has 8 heteroatoms. The van der Waals surface area contributed by atoms with Crippen LogP contribution in [0.25, 0.3) is 15.5 Å². The number of thioether (sulfide) groups is 2. The Morgan fingerprint density at radius 2 is 1.64 bits per heavy atom. The Hall–Kier alpha value is -2.00. The summed E-state index contributed by atoms with van der Waals surface area (Å²) in [6.07, 6.45) is 11.6. The van der Waals surface area contributed by atoms with Gasteiger partial charge in [-0.15, -0.1) is 46.2 Å². The van der Waals surface area contributed by atoms with Crippen LogP contribution in [0.15, 0.2) is 58.6 Å². The van der Waals surface area contributed by atoms with E-state index >= 15 is 0 Å². The first kappa shape index (κ1) is 27.2. The number of fused-ring (bicyclic) bond motifs is 1. The molecule has 2 aromatic rings. The predicted molar refractivity (Wildman–Crippen MR) is 169 cm³/mol. The number of allylic oxidation sites excluding steroid dienone is 2. The van der Waals surface area contributed by atoms with Crippen LogP contribution in [0.3, 0.4) is 0 Å². The first-order valence-electron chi connectivity index (χ1n) is 14.1. The molecule has 1 atom stereocenters. The molecule has 2 amide bonds. The molecule has 1 unspecified atom stereocenters. The van der Waals surface area contributed by atoms with E-state index in [1.165, 1.54) is 19.6 Å². The van der Waals surface area contributed by atoms with Crippen LogP contribution in [0, 0.1) is 0 Å². The van der Waals surface area contributed by atoms with Crippen LogP contribution in [0.4, 0.5) is 0 Å². The molecule has 0 N–H and O–H groups in total. The lowest BCUT2D eigenvalue weighted by molar-refractivity contribution is -0.124. The maximum atomic E-state index is 14.3. The van der Waals surface area contributed by atoms with Crippen LogP contribution < -0.4 is 0 Å². The van der Waals surface area contributed by atoms with Gasteiger partial charge in [-0.25, -0.2) is 0 Å². The topological polar surface area (TPSA) is 40.6 Å². The Morgan fingerprint density at radius 1 is 0.846 bits per heavy atom. The highest BCUT2D eigenvalue weighted by Gasteiger charge is 2.50. The quantitative estimate of drug-likeness (QED) is 0.245. The van der Waals surface area contributed by atoms with E-state index in [1.807, 2.05) is 33.3 Å². The number of rotatable bonds is 11. The fourth-order valence-electron chi connectivity index (χ4n) is 5.68. The number of nitrogens with zero attached hydrogens (tertiary/aromatic N) is 2. The summed E-state index contributed by atoms with van der Waals surface area (Å²) >= 11 is 7.19. The minimum absolute atomic E-state index is 0.0179. The zero-order chi connectivity index (χ0) is 26.9. The Labute approximate surface area is 247 Å². The zero-order valence-corrected chi connectivity index (χ0v) is 25.8. The molecule has 6 heterocycles. The van der Waals surface area contributed by atoms with Gasteiger partial charge in [-0.05, 0) is 49.3 Å². The molecule has 0 aromatic carbocycles. The Kier molecular flexibility index (Phi) is 8.26. The highest BCUT2D eigenvalue weighted by atomic mass is 32.2. The van der Waals surface area contributed by atoms with Crippen molar-refractivity contribution in [1.82, 2.24) is 9.80 Å². The van der Waals surface area contributed by atoms with E-state index in [2.05, 4.69) is 55.6 Å². The molecule has 6 rings (SSSR count). The average molecular weight is 595 g/mol. The molecule has 0 aliphatic carbocycles. The van der Waals surface area contributed by atoms with E-state index in [1.54, 1.807) is 22.7 Å². The van der Waals surface area contributed by atoms with E-state index in [0.29, 0.717) is 24.2 Å². The third kappa shape index (κ3) is 5.03. The molecular formula is C31H34N2O2S4. The monoisotopic (exact) mass is 594 g/mol. The van der Waals surface area contributed by atoms with Crippen molar-refractivity contribution >= 4 is 73.5 Å². The maximum Gasteiger partial charge on any atom is 0.261 e. The van der Waals surface area contributed by atoms with Crippen molar-refractivity contribution in [3.63, 3.8) is 0 Å². The van der Waals surface area contributed by atoms with Crippen LogP contribution >= 0.6 is 46.2 Å². The highest BCUT2D eigenvalue weighted by molar-refractivity contribution is 8.09. The van der Waals surface area contributed by atoms with E-state index < -0.39 is 0 Å². The van der Waals surface area contributed by atoms with Crippen LogP contribution in [-0.4, -0.2) is 45.7 Å². The molecule has 0 saturated carbocycles. The van der Waals surface area contributed by atoms with Crippen molar-refractivity contribution in [2.24, 2.45) is 0 Å². The van der Waals surface area contributed by atoms with Gasteiger partial charge in [0.1, 0.15) is 0 Å². The molecule has 39 heavy (non-hydrogen) atoms. The van der Waals surface area contributed by atoms with Gasteiger partial charge in [-0.1, -0.05) is 51.3 Å². The van der Waals surface area contributed by atoms with Gasteiger partial charge in [0.05, 0.1) is 27.0 Å². The second-order valence-electron chi connectivity index (χ2n) is 10.2. The lowest BCUT2D eigenvalue weighted by Crippen LogP contribution is -2.34. The largest absolute Gasteiger partial charge is 0.310 e. The van der Waals surface area contributed by atoms with Crippen LogP contribution in [0.2, 0.25) is 0 Å². The molecule has 4 aliphatic heterocycles. The highest BCUT2D eigenvalue weighted by Crippen LogP contribution is 2.52. The molecule has 0 radical (unpaired) electrons. The van der Waals surface area contributed by atoms with Crippen LogP contribution in [0.1, 0.15) is 73.4 Å². The lowest BCUT2D eigenvalue weighted by Gasteiger charge is -2.27. The van der Waals surface area contributed by atoms with Gasteiger partial charge in [-0.2, -0.15) is 0 Å². The Balaban J connectivity index is 1.43. The van der Waals surface area contributed by atoms with Crippen molar-refractivity contribution in [2.45, 2.75) is 64.0 Å². The summed E-state index contributed by atoms with van der Waals surface area (Å²) in [6.45, 7) is 5.66. The van der Waals surface area contributed by atoms with Crippen LogP contribution in [0.5, 0.6) is 0 Å². The lowest BCUT2D eigenvalue weighted by atomic mass is 10.1. The number of carbonyl (C=O) groups excluding carboxylic acids is 2. The van der Waals surface area contributed by atoms with Gasteiger partial charge < -0.3 is 9.80 Å². The Bertz CT molecular complexity index is 1400. The van der Waals surface area contributed by atoms with Gasteiger partial charge in [-0.3, -0.25) is 9.59 Å². The van der Waals surface area contributed by atoms with Gasteiger partial charge in [0.15, 0.2) is 0 Å². The number of carbonyl (C=O) groups is 2. The molecule has 0 fully saturated rings. The van der Waals surface area contributed by atoms with Crippen molar-refractivity contribution < 1.29 is 9.59 Å². The van der Waals surface area contributed by atoms with E-state index in [9.17, 15) is 9.59 Å². The van der Waals surface area contributed by atoms with E-state index in [0.717, 1.165) is 67.0 Å². The van der Waals surface area contributed by atoms with E-state index in [4.69, 9.17) is 0 Å². The van der Waals surface area contributed by atoms with Gasteiger partial charge >= 0.3 is 0 Å². The minimum atomic E-state index is 0.0179. The SMILES string of the molecule is CCCCCN1C(=O)C2=C(c3ccc(C4=CCCS4)s3)N(CCCC)C(=O)C2=C1C1CC=C(c2cccs2)S1. The van der Waals surface area contributed by atoms with E-state index in [-0.39, 0.29) is 17.1 Å². The van der Waals surface area contributed by atoms with Crippen molar-refractivity contribution in [3.05, 3.63) is 73.3 Å². The van der Waals surface area contributed by atoms with Crippen LogP contribution in [-0.2, 0) is 9.59 Å². The molecule has 0 bridgehead atoms. The third-order valence-electron chi connectivity index (χ3n) is 7.59. The van der Waals surface area contributed by atoms with Gasteiger partial charge in [0, 0.05) is 44.1 Å². The molecule has 4 aliphatic rings. The summed E-state index contributed by atoms with van der Waals surface area (Å²) in [7, 11) is 0. The van der Waals surface area contributed by atoms with Crippen molar-refractivity contribution in [3.8, 4) is 0 Å². The first-order valence-corrected chi connectivity index (χ1v) is 17.6. The second-order valence-corrected chi connectivity index (χ2v) is 14.6. The van der Waals surface area contributed by atoms with Gasteiger partial charge in [0.25, 0.3) is 11.8 Å². The first-order chi connectivity index (χ1) is 19.1. The Morgan fingerprint density at radius 3 is 2.38 bits per heavy atom. The summed E-state index contributed by atoms with van der Waals surface area (Å²) in [4.78, 5) is 38.6. The van der Waals surface area contributed by atoms with Crippen molar-refractivity contribution in [1.29, 1.82) is 0 Å². The molecule has 2 aromatic heterocycles. The minimum Gasteiger partial charge on any atom is -0.310 e. The summed E-state index contributed by atoms with van der Waals surface area (Å²) in [5, 5.41) is 2.19. The number of hydrogen-bond acceptors (Lipinski definition) is 6. The normalized spacial score (nSPS) is 21.1. The number of hydrogen-bond donors (Lipinski definition) is 0. The number of unbranched alkanes of at least 4 members (excludes halogenated alkanes) is 3. The average Bonchev–Trinajstić information content (AvgIpc) is 3.77. The fraction of sp³-hybridized carbons (Fsp3) is 0.419. The van der Waals surface area contributed by atoms with Crippen molar-refractivity contribution in [2.75, 3.05) is 18.8 Å². The summed E-state index contributed by atoms with van der Waals surface area (Å²) in [6, 6.07) is 8.54. The molecule has 4 nitrogen and oxygen atoms in total. The van der Waals surface area contributed by atoms with Gasteiger partial charge in [0.2, 0.25) is 0 Å². The second kappa shape index (κ2) is 11.9. The smallest absolute Gasteiger partial charge is 0.261 e. The molecule has 204 valence electrons. The maximum absolute atomic E-state index is 14.3. The fourth-order valence-corrected chi connectivity index (χ4v) is 10.1. The summed E-state index contributed by atoms with van der Waals surface area (Å²) in [5.41, 5.74) is 3.11. The molecular weight excluding hydrogens is 561 g/mol. The summed E-state index contributed by atoms with van der Waals surface area (Å²) in [5.74, 6) is 1.16. The standard InChI is InChI=1S/C31H34N2O2S4/c1-3-5-7-17-33-29(25-15-13-23(39-25)21-11-9-19-37-21)27-26(31(33)35)28(32(30(27)34)16-6-4-2)24-14-12-22(38-24)20-10-8-18-36-20/h9-14,19,25H,3-8,15-18H2,1-2H3. The molecule has 0 spiro atoms.